The van der Waals surface area contributed by atoms with Gasteiger partial charge in [-0.3, -0.25) is 0 Å². The Bertz CT molecular complexity index is 304. The minimum atomic E-state index is -2.56. The summed E-state index contributed by atoms with van der Waals surface area (Å²) in [6.45, 7) is 0. The summed E-state index contributed by atoms with van der Waals surface area (Å²) in [7, 11) is 0. The molecular weight excluding hydrogens is 329 g/mol. The lowest BCUT2D eigenvalue weighted by atomic mass is 10.1. The minimum Gasteiger partial charge on any atom is -0.208 e. The van der Waals surface area contributed by atoms with Crippen LogP contribution in [0.4, 0.5) is 8.78 Å². The third-order valence-electron chi connectivity index (χ3n) is 1.48. The second-order valence-corrected chi connectivity index (χ2v) is 4.64. The van der Waals surface area contributed by atoms with Crippen LogP contribution in [0.25, 0.3) is 0 Å². The van der Waals surface area contributed by atoms with Crippen molar-refractivity contribution < 1.29 is 8.78 Å². The van der Waals surface area contributed by atoms with E-state index in [0.29, 0.717) is 10.0 Å². The van der Waals surface area contributed by atoms with Crippen molar-refractivity contribution in [2.24, 2.45) is 0 Å². The van der Waals surface area contributed by atoms with Crippen molar-refractivity contribution in [2.75, 3.05) is 0 Å². The summed E-state index contributed by atoms with van der Waals surface area (Å²) in [5.41, 5.74) is 0.394. The maximum absolute atomic E-state index is 12.3. The molecule has 0 aromatic heterocycles. The van der Waals surface area contributed by atoms with E-state index in [9.17, 15) is 8.78 Å². The summed E-state index contributed by atoms with van der Waals surface area (Å²) in [5.74, 6) is 0. The Morgan fingerprint density at radius 3 is 2.38 bits per heavy atom. The molecule has 1 rings (SSSR count). The molecule has 0 saturated heterocycles. The van der Waals surface area contributed by atoms with Gasteiger partial charge in [0.05, 0.1) is 0 Å². The fourth-order valence-electron chi connectivity index (χ4n) is 0.862. The maximum Gasteiger partial charge on any atom is 0.258 e. The number of halogens is 5. The molecule has 0 amide bonds. The van der Waals surface area contributed by atoms with Gasteiger partial charge in [-0.2, -0.15) is 0 Å². The number of rotatable bonds is 2. The van der Waals surface area contributed by atoms with E-state index in [0.717, 1.165) is 4.47 Å². The van der Waals surface area contributed by atoms with E-state index in [2.05, 4.69) is 31.9 Å². The van der Waals surface area contributed by atoms with Crippen LogP contribution in [0.1, 0.15) is 10.9 Å². The molecule has 1 aromatic rings. The van der Waals surface area contributed by atoms with E-state index >= 15 is 0 Å². The fourth-order valence-corrected chi connectivity index (χ4v) is 2.05. The second-order valence-electron chi connectivity index (χ2n) is 2.40. The normalized spacial score (nSPS) is 13.4. The molecule has 0 spiro atoms. The lowest BCUT2D eigenvalue weighted by Crippen LogP contribution is -2.02. The SMILES string of the molecule is FC(F)C(Cl)c1cc(Br)ccc1Br. The second kappa shape index (κ2) is 4.71. The number of alkyl halides is 3. The zero-order chi connectivity index (χ0) is 10.0. The highest BCUT2D eigenvalue weighted by Crippen LogP contribution is 2.34. The summed E-state index contributed by atoms with van der Waals surface area (Å²) < 4.78 is 25.8. The average molecular weight is 334 g/mol. The van der Waals surface area contributed by atoms with Gasteiger partial charge in [-0.1, -0.05) is 31.9 Å². The molecule has 5 heteroatoms. The number of benzene rings is 1. The van der Waals surface area contributed by atoms with Crippen molar-refractivity contribution in [3.8, 4) is 0 Å². The number of hydrogen-bond acceptors (Lipinski definition) is 0. The molecule has 13 heavy (non-hydrogen) atoms. The van der Waals surface area contributed by atoms with Gasteiger partial charge in [-0.15, -0.1) is 11.6 Å². The van der Waals surface area contributed by atoms with E-state index in [-0.39, 0.29) is 0 Å². The summed E-state index contributed by atoms with van der Waals surface area (Å²) >= 11 is 11.9. The molecule has 0 aliphatic rings. The molecule has 72 valence electrons. The van der Waals surface area contributed by atoms with E-state index in [1.807, 2.05) is 0 Å². The topological polar surface area (TPSA) is 0 Å². The fraction of sp³-hybridized carbons (Fsp3) is 0.250. The van der Waals surface area contributed by atoms with Gasteiger partial charge in [0.25, 0.3) is 6.43 Å². The predicted octanol–water partition coefficient (Wildman–Crippen LogP) is 4.76. The van der Waals surface area contributed by atoms with Crippen LogP contribution >= 0.6 is 43.5 Å². The van der Waals surface area contributed by atoms with Crippen molar-refractivity contribution in [1.29, 1.82) is 0 Å². The van der Waals surface area contributed by atoms with Gasteiger partial charge in [0.15, 0.2) is 0 Å². The lowest BCUT2D eigenvalue weighted by molar-refractivity contribution is 0.142. The van der Waals surface area contributed by atoms with Crippen LogP contribution in [0, 0.1) is 0 Å². The molecule has 0 saturated carbocycles. The molecule has 1 aromatic carbocycles. The van der Waals surface area contributed by atoms with E-state index < -0.39 is 11.8 Å². The molecule has 0 radical (unpaired) electrons. The van der Waals surface area contributed by atoms with E-state index in [1.165, 1.54) is 0 Å². The standard InChI is InChI=1S/C8H5Br2ClF2/c9-4-1-2-6(10)5(3-4)7(11)8(12)13/h1-3,7-8H. The van der Waals surface area contributed by atoms with Crippen LogP contribution in [0.3, 0.4) is 0 Å². The summed E-state index contributed by atoms with van der Waals surface area (Å²) in [5, 5.41) is -1.27. The molecule has 0 aliphatic carbocycles. The third kappa shape index (κ3) is 2.89. The van der Waals surface area contributed by atoms with Gasteiger partial charge in [0.2, 0.25) is 0 Å². The molecule has 0 fully saturated rings. The van der Waals surface area contributed by atoms with Gasteiger partial charge < -0.3 is 0 Å². The highest BCUT2D eigenvalue weighted by Gasteiger charge is 2.21. The van der Waals surface area contributed by atoms with Crippen LogP contribution in [0.5, 0.6) is 0 Å². The first-order chi connectivity index (χ1) is 6.02. The van der Waals surface area contributed by atoms with Crippen LogP contribution in [0.2, 0.25) is 0 Å². The van der Waals surface area contributed by atoms with Gasteiger partial charge in [-0.25, -0.2) is 8.78 Å². The largest absolute Gasteiger partial charge is 0.258 e. The predicted molar refractivity (Wildman–Crippen MR) is 56.4 cm³/mol. The van der Waals surface area contributed by atoms with Gasteiger partial charge in [0.1, 0.15) is 5.38 Å². The Balaban J connectivity index is 3.05. The quantitative estimate of drug-likeness (QED) is 0.684. The van der Waals surface area contributed by atoms with Gasteiger partial charge in [0, 0.05) is 8.95 Å². The highest BCUT2D eigenvalue weighted by atomic mass is 79.9. The van der Waals surface area contributed by atoms with Crippen molar-refractivity contribution >= 4 is 43.5 Å². The Hall–Kier alpha value is 0.330. The van der Waals surface area contributed by atoms with Crippen LogP contribution in [0.15, 0.2) is 27.1 Å². The molecule has 1 atom stereocenters. The third-order valence-corrected chi connectivity index (χ3v) is 3.12. The highest BCUT2D eigenvalue weighted by molar-refractivity contribution is 9.11. The van der Waals surface area contributed by atoms with Gasteiger partial charge in [-0.05, 0) is 23.8 Å². The number of hydrogen-bond donors (Lipinski definition) is 0. The lowest BCUT2D eigenvalue weighted by Gasteiger charge is -2.10. The zero-order valence-electron chi connectivity index (χ0n) is 6.28. The molecule has 0 N–H and O–H groups in total. The molecular formula is C8H5Br2ClF2. The van der Waals surface area contributed by atoms with Crippen molar-refractivity contribution in [3.05, 3.63) is 32.7 Å². The molecule has 0 nitrogen and oxygen atoms in total. The smallest absolute Gasteiger partial charge is 0.208 e. The first-order valence-electron chi connectivity index (χ1n) is 3.39. The summed E-state index contributed by atoms with van der Waals surface area (Å²) in [6, 6.07) is 5.01. The molecule has 0 bridgehead atoms. The van der Waals surface area contributed by atoms with Crippen LogP contribution in [-0.2, 0) is 0 Å². The molecule has 0 aliphatic heterocycles. The van der Waals surface area contributed by atoms with Gasteiger partial charge >= 0.3 is 0 Å². The maximum atomic E-state index is 12.3. The Labute approximate surface area is 96.5 Å². The molecule has 0 heterocycles. The first kappa shape index (κ1) is 11.4. The summed E-state index contributed by atoms with van der Waals surface area (Å²) in [4.78, 5) is 0. The zero-order valence-corrected chi connectivity index (χ0v) is 10.2. The minimum absolute atomic E-state index is 0.394. The van der Waals surface area contributed by atoms with E-state index in [1.54, 1.807) is 18.2 Å². The van der Waals surface area contributed by atoms with Crippen molar-refractivity contribution in [3.63, 3.8) is 0 Å². The summed E-state index contributed by atoms with van der Waals surface area (Å²) in [6.07, 6.45) is -2.56. The van der Waals surface area contributed by atoms with Crippen molar-refractivity contribution in [1.82, 2.24) is 0 Å². The van der Waals surface area contributed by atoms with Crippen LogP contribution < -0.4 is 0 Å². The van der Waals surface area contributed by atoms with Crippen LogP contribution in [-0.4, -0.2) is 6.43 Å². The Morgan fingerprint density at radius 2 is 1.85 bits per heavy atom. The first-order valence-corrected chi connectivity index (χ1v) is 5.42. The monoisotopic (exact) mass is 332 g/mol. The van der Waals surface area contributed by atoms with Crippen molar-refractivity contribution in [2.45, 2.75) is 11.8 Å². The molecule has 1 unspecified atom stereocenters. The Morgan fingerprint density at radius 1 is 1.23 bits per heavy atom. The van der Waals surface area contributed by atoms with E-state index in [4.69, 9.17) is 11.6 Å². The average Bonchev–Trinajstić information content (AvgIpc) is 2.08. The Kier molecular flexibility index (Phi) is 4.13.